The van der Waals surface area contributed by atoms with E-state index in [1.54, 1.807) is 6.92 Å². The number of ketones is 1. The molecule has 1 aromatic rings. The summed E-state index contributed by atoms with van der Waals surface area (Å²) in [7, 11) is 2.01. The third-order valence-corrected chi connectivity index (χ3v) is 3.44. The topological polar surface area (TPSA) is 40.5 Å². The van der Waals surface area contributed by atoms with Crippen LogP contribution in [0.2, 0.25) is 0 Å². The third-order valence-electron chi connectivity index (χ3n) is 3.44. The van der Waals surface area contributed by atoms with Gasteiger partial charge in [0, 0.05) is 24.8 Å². The van der Waals surface area contributed by atoms with Gasteiger partial charge in [-0.25, -0.2) is 0 Å². The molecule has 0 heterocycles. The van der Waals surface area contributed by atoms with Gasteiger partial charge < -0.3 is 10.0 Å². The molecule has 1 aliphatic rings. The maximum absolute atomic E-state index is 11.5. The van der Waals surface area contributed by atoms with Gasteiger partial charge in [-0.05, 0) is 37.8 Å². The Hall–Kier alpha value is -1.35. The van der Waals surface area contributed by atoms with E-state index in [4.69, 9.17) is 0 Å². The summed E-state index contributed by atoms with van der Waals surface area (Å²) < 4.78 is 0. The van der Waals surface area contributed by atoms with Gasteiger partial charge in [0.25, 0.3) is 0 Å². The lowest BCUT2D eigenvalue weighted by atomic mass is 9.82. The molecule has 0 radical (unpaired) electrons. The van der Waals surface area contributed by atoms with Crippen LogP contribution in [0.4, 0.5) is 5.69 Å². The van der Waals surface area contributed by atoms with E-state index in [9.17, 15) is 9.90 Å². The van der Waals surface area contributed by atoms with Gasteiger partial charge >= 0.3 is 0 Å². The number of Topliss-reactive ketones (excluding diaryl/α,β-unsaturated/α-hetero) is 1. The van der Waals surface area contributed by atoms with Crippen LogP contribution in [0.15, 0.2) is 24.3 Å². The van der Waals surface area contributed by atoms with E-state index in [0.29, 0.717) is 5.92 Å². The molecule has 0 amide bonds. The number of benzene rings is 1. The molecular formula is C14H19NO2. The van der Waals surface area contributed by atoms with Crippen LogP contribution in [0.5, 0.6) is 0 Å². The molecule has 1 N–H and O–H groups in total. The number of anilines is 1. The van der Waals surface area contributed by atoms with Crippen molar-refractivity contribution in [1.82, 2.24) is 0 Å². The highest BCUT2D eigenvalue weighted by Gasteiger charge is 2.28. The van der Waals surface area contributed by atoms with Gasteiger partial charge in [-0.15, -0.1) is 0 Å². The smallest absolute Gasteiger partial charge is 0.161 e. The van der Waals surface area contributed by atoms with Crippen molar-refractivity contribution in [1.29, 1.82) is 0 Å². The van der Waals surface area contributed by atoms with Crippen LogP contribution < -0.4 is 4.90 Å². The monoisotopic (exact) mass is 233 g/mol. The number of rotatable bonds is 4. The molecule has 1 aliphatic carbocycles. The van der Waals surface area contributed by atoms with Crippen molar-refractivity contribution in [2.24, 2.45) is 5.92 Å². The first-order chi connectivity index (χ1) is 8.08. The van der Waals surface area contributed by atoms with Crippen molar-refractivity contribution in [3.63, 3.8) is 0 Å². The molecule has 3 nitrogen and oxygen atoms in total. The largest absolute Gasteiger partial charge is 0.393 e. The van der Waals surface area contributed by atoms with Crippen LogP contribution in [0, 0.1) is 5.92 Å². The highest BCUT2D eigenvalue weighted by atomic mass is 16.3. The van der Waals surface area contributed by atoms with Gasteiger partial charge in [0.15, 0.2) is 5.78 Å². The van der Waals surface area contributed by atoms with E-state index in [0.717, 1.165) is 30.6 Å². The molecular weight excluding hydrogens is 214 g/mol. The second-order valence-electron chi connectivity index (χ2n) is 4.95. The average Bonchev–Trinajstić information content (AvgIpc) is 2.27. The second kappa shape index (κ2) is 4.88. The van der Waals surface area contributed by atoms with E-state index in [1.165, 1.54) is 0 Å². The van der Waals surface area contributed by atoms with Crippen LogP contribution in [0.3, 0.4) is 0 Å². The number of para-hydroxylation sites is 1. The lowest BCUT2D eigenvalue weighted by molar-refractivity contribution is 0.0464. The predicted octanol–water partition coefficient (Wildman–Crippen LogP) is 2.10. The highest BCUT2D eigenvalue weighted by Crippen LogP contribution is 2.30. The van der Waals surface area contributed by atoms with E-state index >= 15 is 0 Å². The minimum atomic E-state index is -0.114. The molecule has 1 aromatic carbocycles. The molecule has 2 rings (SSSR count). The first kappa shape index (κ1) is 12.1. The first-order valence-corrected chi connectivity index (χ1v) is 6.07. The van der Waals surface area contributed by atoms with Crippen molar-refractivity contribution in [3.05, 3.63) is 29.8 Å². The van der Waals surface area contributed by atoms with Crippen LogP contribution in [-0.2, 0) is 0 Å². The molecule has 0 spiro atoms. The van der Waals surface area contributed by atoms with Gasteiger partial charge in [-0.3, -0.25) is 4.79 Å². The molecule has 0 saturated heterocycles. The number of carbonyl (C=O) groups excluding carboxylic acids is 1. The van der Waals surface area contributed by atoms with Crippen molar-refractivity contribution in [2.75, 3.05) is 18.5 Å². The van der Waals surface area contributed by atoms with Crippen LogP contribution in [-0.4, -0.2) is 30.6 Å². The Bertz CT molecular complexity index is 410. The quantitative estimate of drug-likeness (QED) is 0.810. The highest BCUT2D eigenvalue weighted by molar-refractivity contribution is 5.99. The van der Waals surface area contributed by atoms with Crippen molar-refractivity contribution in [3.8, 4) is 0 Å². The van der Waals surface area contributed by atoms with E-state index in [1.807, 2.05) is 31.3 Å². The molecule has 92 valence electrons. The van der Waals surface area contributed by atoms with E-state index in [2.05, 4.69) is 4.90 Å². The van der Waals surface area contributed by atoms with Gasteiger partial charge in [-0.2, -0.15) is 0 Å². The van der Waals surface area contributed by atoms with Gasteiger partial charge in [0.05, 0.1) is 6.10 Å². The maximum atomic E-state index is 11.5. The Morgan fingerprint density at radius 3 is 2.65 bits per heavy atom. The molecule has 0 aliphatic heterocycles. The number of hydrogen-bond donors (Lipinski definition) is 1. The fraction of sp³-hybridized carbons (Fsp3) is 0.500. The Morgan fingerprint density at radius 1 is 1.41 bits per heavy atom. The average molecular weight is 233 g/mol. The first-order valence-electron chi connectivity index (χ1n) is 6.07. The summed E-state index contributed by atoms with van der Waals surface area (Å²) in [5, 5.41) is 9.27. The summed E-state index contributed by atoms with van der Waals surface area (Å²) >= 11 is 0. The molecule has 0 unspecified atom stereocenters. The Labute approximate surface area is 102 Å². The number of carbonyl (C=O) groups is 1. The zero-order valence-electron chi connectivity index (χ0n) is 10.4. The zero-order chi connectivity index (χ0) is 12.4. The molecule has 17 heavy (non-hydrogen) atoms. The summed E-state index contributed by atoms with van der Waals surface area (Å²) in [4.78, 5) is 13.6. The lowest BCUT2D eigenvalue weighted by Gasteiger charge is -2.35. The summed E-state index contributed by atoms with van der Waals surface area (Å²) in [6.45, 7) is 2.50. The SMILES string of the molecule is CC(=O)c1ccccc1N(C)CC1CC(O)C1. The molecule has 0 atom stereocenters. The maximum Gasteiger partial charge on any atom is 0.161 e. The minimum Gasteiger partial charge on any atom is -0.393 e. The van der Waals surface area contributed by atoms with Gasteiger partial charge in [0.1, 0.15) is 0 Å². The van der Waals surface area contributed by atoms with Crippen molar-refractivity contribution < 1.29 is 9.90 Å². The van der Waals surface area contributed by atoms with Crippen molar-refractivity contribution >= 4 is 11.5 Å². The van der Waals surface area contributed by atoms with E-state index < -0.39 is 0 Å². The Kier molecular flexibility index (Phi) is 3.48. The van der Waals surface area contributed by atoms with Crippen molar-refractivity contribution in [2.45, 2.75) is 25.9 Å². The summed E-state index contributed by atoms with van der Waals surface area (Å²) in [6.07, 6.45) is 1.65. The number of hydrogen-bond acceptors (Lipinski definition) is 3. The molecule has 0 bridgehead atoms. The van der Waals surface area contributed by atoms with Gasteiger partial charge in [0.2, 0.25) is 0 Å². The fourth-order valence-electron chi connectivity index (χ4n) is 2.44. The molecule has 1 fully saturated rings. The Balaban J connectivity index is 2.08. The van der Waals surface area contributed by atoms with Crippen LogP contribution >= 0.6 is 0 Å². The summed E-state index contributed by atoms with van der Waals surface area (Å²) in [5.41, 5.74) is 1.76. The predicted molar refractivity (Wildman–Crippen MR) is 68.4 cm³/mol. The third kappa shape index (κ3) is 2.67. The molecule has 1 saturated carbocycles. The lowest BCUT2D eigenvalue weighted by Crippen LogP contribution is -2.37. The summed E-state index contributed by atoms with van der Waals surface area (Å²) in [5.74, 6) is 0.649. The van der Waals surface area contributed by atoms with Gasteiger partial charge in [-0.1, -0.05) is 12.1 Å². The number of aliphatic hydroxyl groups is 1. The van der Waals surface area contributed by atoms with Crippen LogP contribution in [0.1, 0.15) is 30.1 Å². The minimum absolute atomic E-state index is 0.0982. The Morgan fingerprint density at radius 2 is 2.06 bits per heavy atom. The number of nitrogens with zero attached hydrogens (tertiary/aromatic N) is 1. The molecule has 3 heteroatoms. The normalized spacial score (nSPS) is 23.0. The standard InChI is InChI=1S/C14H19NO2/c1-10(16)13-5-3-4-6-14(13)15(2)9-11-7-12(17)8-11/h3-6,11-12,17H,7-9H2,1-2H3. The van der Waals surface area contributed by atoms with Crippen LogP contribution in [0.25, 0.3) is 0 Å². The number of aliphatic hydroxyl groups excluding tert-OH is 1. The second-order valence-corrected chi connectivity index (χ2v) is 4.95. The summed E-state index contributed by atoms with van der Waals surface area (Å²) in [6, 6.07) is 7.69. The fourth-order valence-corrected chi connectivity index (χ4v) is 2.44. The van der Waals surface area contributed by atoms with E-state index in [-0.39, 0.29) is 11.9 Å². The zero-order valence-corrected chi connectivity index (χ0v) is 10.4. The molecule has 0 aromatic heterocycles.